The van der Waals surface area contributed by atoms with E-state index >= 15 is 0 Å². The van der Waals surface area contributed by atoms with Crippen molar-refractivity contribution in [1.82, 2.24) is 9.88 Å². The second kappa shape index (κ2) is 4.60. The van der Waals surface area contributed by atoms with Crippen molar-refractivity contribution in [2.75, 3.05) is 6.54 Å². The number of nitrogens with two attached hydrogens (primary N) is 1. The Hall–Kier alpha value is -0.450. The summed E-state index contributed by atoms with van der Waals surface area (Å²) in [5.41, 5.74) is 5.61. The first-order valence-corrected chi connectivity index (χ1v) is 6.44. The van der Waals surface area contributed by atoms with Crippen LogP contribution in [0.3, 0.4) is 0 Å². The second-order valence-corrected chi connectivity index (χ2v) is 5.51. The monoisotopic (exact) mass is 225 g/mol. The van der Waals surface area contributed by atoms with Gasteiger partial charge in [-0.1, -0.05) is 0 Å². The van der Waals surface area contributed by atoms with E-state index in [0.717, 1.165) is 0 Å². The van der Waals surface area contributed by atoms with Crippen molar-refractivity contribution in [2.24, 2.45) is 5.73 Å². The Morgan fingerprint density at radius 1 is 1.67 bits per heavy atom. The average molecular weight is 225 g/mol. The molecule has 0 aliphatic carbocycles. The van der Waals surface area contributed by atoms with Gasteiger partial charge in [-0.05, 0) is 33.2 Å². The number of hydrogen-bond donors (Lipinski definition) is 1. The first-order chi connectivity index (χ1) is 7.22. The Labute approximate surface area is 95.3 Å². The standard InChI is InChI=1S/C11H19N3S/c1-8(2)14-5-3-4-10(14)11-13-7-9(6-12)15-11/h7-8,10H,3-6,12H2,1-2H3. The van der Waals surface area contributed by atoms with Crippen LogP contribution in [0.2, 0.25) is 0 Å². The molecule has 4 heteroatoms. The fourth-order valence-corrected chi connectivity index (χ4v) is 3.20. The fraction of sp³-hybridized carbons (Fsp3) is 0.727. The van der Waals surface area contributed by atoms with Gasteiger partial charge < -0.3 is 5.73 Å². The fourth-order valence-electron chi connectivity index (χ4n) is 2.24. The molecular weight excluding hydrogens is 206 g/mol. The number of thiazole rings is 1. The molecule has 1 saturated heterocycles. The third-order valence-corrected chi connectivity index (χ3v) is 4.14. The smallest absolute Gasteiger partial charge is 0.110 e. The third kappa shape index (κ3) is 2.22. The van der Waals surface area contributed by atoms with E-state index in [9.17, 15) is 0 Å². The Morgan fingerprint density at radius 2 is 2.47 bits per heavy atom. The van der Waals surface area contributed by atoms with E-state index in [0.29, 0.717) is 18.6 Å². The van der Waals surface area contributed by atoms with Gasteiger partial charge in [-0.3, -0.25) is 4.90 Å². The van der Waals surface area contributed by atoms with Crippen LogP contribution >= 0.6 is 11.3 Å². The largest absolute Gasteiger partial charge is 0.326 e. The maximum Gasteiger partial charge on any atom is 0.110 e. The Morgan fingerprint density at radius 3 is 3.07 bits per heavy atom. The first kappa shape index (κ1) is 11.0. The average Bonchev–Trinajstić information content (AvgIpc) is 2.85. The molecule has 1 aliphatic rings. The normalized spacial score (nSPS) is 22.8. The van der Waals surface area contributed by atoms with E-state index in [2.05, 4.69) is 23.7 Å². The minimum Gasteiger partial charge on any atom is -0.326 e. The van der Waals surface area contributed by atoms with E-state index in [-0.39, 0.29) is 0 Å². The van der Waals surface area contributed by atoms with Crippen LogP contribution in [0.15, 0.2) is 6.20 Å². The minimum absolute atomic E-state index is 0.537. The summed E-state index contributed by atoms with van der Waals surface area (Å²) in [5.74, 6) is 0. The van der Waals surface area contributed by atoms with Crippen molar-refractivity contribution in [2.45, 2.75) is 45.3 Å². The Kier molecular flexibility index (Phi) is 3.38. The first-order valence-electron chi connectivity index (χ1n) is 5.62. The maximum absolute atomic E-state index is 5.61. The highest BCUT2D eigenvalue weighted by Gasteiger charge is 2.29. The van der Waals surface area contributed by atoms with Gasteiger partial charge in [0.25, 0.3) is 0 Å². The Balaban J connectivity index is 2.15. The molecule has 0 radical (unpaired) electrons. The lowest BCUT2D eigenvalue weighted by Crippen LogP contribution is -2.30. The molecule has 0 saturated carbocycles. The van der Waals surface area contributed by atoms with Gasteiger partial charge in [-0.2, -0.15) is 0 Å². The number of aromatic nitrogens is 1. The molecule has 2 N–H and O–H groups in total. The molecule has 1 aromatic heterocycles. The number of rotatable bonds is 3. The molecule has 1 fully saturated rings. The van der Waals surface area contributed by atoms with Gasteiger partial charge in [0.15, 0.2) is 0 Å². The van der Waals surface area contributed by atoms with E-state index in [1.54, 1.807) is 11.3 Å². The molecular formula is C11H19N3S. The molecule has 3 nitrogen and oxygen atoms in total. The molecule has 1 aliphatic heterocycles. The van der Waals surface area contributed by atoms with Crippen molar-refractivity contribution in [3.8, 4) is 0 Å². The highest BCUT2D eigenvalue weighted by Crippen LogP contribution is 2.35. The van der Waals surface area contributed by atoms with Crippen LogP contribution in [-0.2, 0) is 6.54 Å². The summed E-state index contributed by atoms with van der Waals surface area (Å²) in [5, 5.41) is 1.25. The highest BCUT2D eigenvalue weighted by atomic mass is 32.1. The molecule has 1 unspecified atom stereocenters. The zero-order valence-electron chi connectivity index (χ0n) is 9.44. The highest BCUT2D eigenvalue weighted by molar-refractivity contribution is 7.11. The summed E-state index contributed by atoms with van der Waals surface area (Å²) in [7, 11) is 0. The Bertz CT molecular complexity index is 321. The summed E-state index contributed by atoms with van der Waals surface area (Å²) in [6.07, 6.45) is 4.47. The van der Waals surface area contributed by atoms with E-state index in [4.69, 9.17) is 5.73 Å². The zero-order chi connectivity index (χ0) is 10.8. The molecule has 1 aromatic rings. The van der Waals surface area contributed by atoms with Crippen LogP contribution in [0.1, 0.15) is 42.6 Å². The van der Waals surface area contributed by atoms with Crippen LogP contribution in [0.4, 0.5) is 0 Å². The van der Waals surface area contributed by atoms with Gasteiger partial charge in [0.05, 0.1) is 6.04 Å². The summed E-state index contributed by atoms with van der Waals surface area (Å²) in [6, 6.07) is 1.15. The second-order valence-electron chi connectivity index (χ2n) is 4.36. The quantitative estimate of drug-likeness (QED) is 0.857. The molecule has 0 spiro atoms. The summed E-state index contributed by atoms with van der Waals surface area (Å²) >= 11 is 1.77. The van der Waals surface area contributed by atoms with Crippen molar-refractivity contribution in [3.63, 3.8) is 0 Å². The van der Waals surface area contributed by atoms with Crippen molar-refractivity contribution in [3.05, 3.63) is 16.1 Å². The molecule has 15 heavy (non-hydrogen) atoms. The van der Waals surface area contributed by atoms with Crippen LogP contribution in [0, 0.1) is 0 Å². The summed E-state index contributed by atoms with van der Waals surface area (Å²) in [4.78, 5) is 8.23. The summed E-state index contributed by atoms with van der Waals surface area (Å²) < 4.78 is 0. The molecule has 2 heterocycles. The van der Waals surface area contributed by atoms with Crippen molar-refractivity contribution in [1.29, 1.82) is 0 Å². The van der Waals surface area contributed by atoms with Crippen molar-refractivity contribution < 1.29 is 0 Å². The third-order valence-electron chi connectivity index (χ3n) is 3.02. The predicted octanol–water partition coefficient (Wildman–Crippen LogP) is 2.15. The zero-order valence-corrected chi connectivity index (χ0v) is 10.3. The molecule has 1 atom stereocenters. The van der Waals surface area contributed by atoms with Crippen LogP contribution in [0.5, 0.6) is 0 Å². The molecule has 0 bridgehead atoms. The van der Waals surface area contributed by atoms with Crippen LogP contribution in [-0.4, -0.2) is 22.5 Å². The lowest BCUT2D eigenvalue weighted by molar-refractivity contribution is 0.205. The van der Waals surface area contributed by atoms with E-state index in [1.165, 1.54) is 29.3 Å². The van der Waals surface area contributed by atoms with Crippen molar-refractivity contribution >= 4 is 11.3 Å². The number of hydrogen-bond acceptors (Lipinski definition) is 4. The van der Waals surface area contributed by atoms with Gasteiger partial charge in [-0.25, -0.2) is 4.98 Å². The molecule has 0 amide bonds. The van der Waals surface area contributed by atoms with E-state index in [1.807, 2.05) is 6.20 Å². The maximum atomic E-state index is 5.61. The number of likely N-dealkylation sites (tertiary alicyclic amines) is 1. The van der Waals surface area contributed by atoms with Gasteiger partial charge in [0.1, 0.15) is 5.01 Å². The van der Waals surface area contributed by atoms with Gasteiger partial charge >= 0.3 is 0 Å². The SMILES string of the molecule is CC(C)N1CCCC1c1ncc(CN)s1. The lowest BCUT2D eigenvalue weighted by atomic mass is 10.2. The van der Waals surface area contributed by atoms with Crippen LogP contribution in [0.25, 0.3) is 0 Å². The van der Waals surface area contributed by atoms with Gasteiger partial charge in [-0.15, -0.1) is 11.3 Å². The lowest BCUT2D eigenvalue weighted by Gasteiger charge is -2.26. The van der Waals surface area contributed by atoms with Gasteiger partial charge in [0.2, 0.25) is 0 Å². The molecule has 0 aromatic carbocycles. The van der Waals surface area contributed by atoms with E-state index < -0.39 is 0 Å². The van der Waals surface area contributed by atoms with Crippen LogP contribution < -0.4 is 5.73 Å². The summed E-state index contributed by atoms with van der Waals surface area (Å²) in [6.45, 7) is 6.34. The minimum atomic E-state index is 0.537. The number of nitrogens with zero attached hydrogens (tertiary/aromatic N) is 2. The molecule has 84 valence electrons. The van der Waals surface area contributed by atoms with Gasteiger partial charge in [0, 0.05) is 23.7 Å². The topological polar surface area (TPSA) is 42.2 Å². The molecule has 2 rings (SSSR count). The predicted molar refractivity (Wildman–Crippen MR) is 63.8 cm³/mol.